The third-order valence-electron chi connectivity index (χ3n) is 3.31. The van der Waals surface area contributed by atoms with E-state index in [1.54, 1.807) is 36.7 Å². The molecule has 0 saturated carbocycles. The van der Waals surface area contributed by atoms with E-state index < -0.39 is 5.25 Å². The number of carbonyl (C=O) groups is 2. The molecular formula is C15H12ClN3O2S. The minimum atomic E-state index is -0.506. The van der Waals surface area contributed by atoms with Crippen molar-refractivity contribution in [1.82, 2.24) is 9.97 Å². The Morgan fingerprint density at radius 2 is 2.00 bits per heavy atom. The molecule has 0 spiro atoms. The molecule has 3 rings (SSSR count). The molecule has 5 nitrogen and oxygen atoms in total. The SMILES string of the molecule is Cc1ccc(Cl)cc1N1C(=O)C[C@H](Sc2ncccn2)C1=O. The van der Waals surface area contributed by atoms with Crippen molar-refractivity contribution < 1.29 is 9.59 Å². The fourth-order valence-corrected chi connectivity index (χ4v) is 3.34. The summed E-state index contributed by atoms with van der Waals surface area (Å²) in [5, 5.41) is 0.468. The standard InChI is InChI=1S/C15H12ClN3O2S/c1-9-3-4-10(16)7-11(9)19-13(20)8-12(14(19)21)22-15-17-5-2-6-18-15/h2-7,12H,8H2,1H3/t12-/m0/s1. The fourth-order valence-electron chi connectivity index (χ4n) is 2.25. The van der Waals surface area contributed by atoms with Gasteiger partial charge in [0, 0.05) is 23.8 Å². The molecule has 1 saturated heterocycles. The number of nitrogens with zero attached hydrogens (tertiary/aromatic N) is 3. The molecule has 1 fully saturated rings. The zero-order chi connectivity index (χ0) is 15.7. The molecule has 0 N–H and O–H groups in total. The van der Waals surface area contributed by atoms with Gasteiger partial charge in [0.25, 0.3) is 0 Å². The highest BCUT2D eigenvalue weighted by Gasteiger charge is 2.41. The normalized spacial score (nSPS) is 18.1. The Morgan fingerprint density at radius 3 is 2.73 bits per heavy atom. The van der Waals surface area contributed by atoms with Gasteiger partial charge in [-0.1, -0.05) is 29.4 Å². The van der Waals surface area contributed by atoms with Gasteiger partial charge in [0.1, 0.15) is 5.25 Å². The van der Waals surface area contributed by atoms with E-state index in [-0.39, 0.29) is 18.2 Å². The van der Waals surface area contributed by atoms with E-state index in [4.69, 9.17) is 11.6 Å². The Kier molecular flexibility index (Phi) is 4.13. The monoisotopic (exact) mass is 333 g/mol. The Hall–Kier alpha value is -1.92. The maximum Gasteiger partial charge on any atom is 0.247 e. The van der Waals surface area contributed by atoms with Crippen molar-refractivity contribution in [3.05, 3.63) is 47.2 Å². The molecule has 1 atom stereocenters. The van der Waals surface area contributed by atoms with E-state index in [2.05, 4.69) is 9.97 Å². The molecule has 2 heterocycles. The molecule has 1 aliphatic heterocycles. The summed E-state index contributed by atoms with van der Waals surface area (Å²) in [6, 6.07) is 6.86. The molecule has 0 unspecified atom stereocenters. The topological polar surface area (TPSA) is 63.2 Å². The van der Waals surface area contributed by atoms with Crippen LogP contribution in [0.4, 0.5) is 5.69 Å². The highest BCUT2D eigenvalue weighted by molar-refractivity contribution is 8.00. The number of aryl methyl sites for hydroxylation is 1. The summed E-state index contributed by atoms with van der Waals surface area (Å²) in [5.74, 6) is -0.489. The van der Waals surface area contributed by atoms with Crippen molar-refractivity contribution in [3.8, 4) is 0 Å². The van der Waals surface area contributed by atoms with Gasteiger partial charge in [0.05, 0.1) is 5.69 Å². The van der Waals surface area contributed by atoms with Gasteiger partial charge in [-0.05, 0) is 30.7 Å². The second-order valence-electron chi connectivity index (χ2n) is 4.84. The van der Waals surface area contributed by atoms with Crippen LogP contribution >= 0.6 is 23.4 Å². The first-order chi connectivity index (χ1) is 10.6. The summed E-state index contributed by atoms with van der Waals surface area (Å²) in [5.41, 5.74) is 1.37. The van der Waals surface area contributed by atoms with Gasteiger partial charge in [-0.3, -0.25) is 9.59 Å². The molecule has 0 aliphatic carbocycles. The fraction of sp³-hybridized carbons (Fsp3) is 0.200. The van der Waals surface area contributed by atoms with Crippen molar-refractivity contribution in [2.75, 3.05) is 4.90 Å². The summed E-state index contributed by atoms with van der Waals surface area (Å²) in [7, 11) is 0. The van der Waals surface area contributed by atoms with Crippen LogP contribution in [-0.2, 0) is 9.59 Å². The average molecular weight is 334 g/mol. The first kappa shape index (κ1) is 15.0. The van der Waals surface area contributed by atoms with E-state index in [9.17, 15) is 9.59 Å². The second-order valence-corrected chi connectivity index (χ2v) is 6.45. The lowest BCUT2D eigenvalue weighted by Crippen LogP contribution is -2.31. The van der Waals surface area contributed by atoms with Gasteiger partial charge < -0.3 is 0 Å². The van der Waals surface area contributed by atoms with Crippen LogP contribution in [0.25, 0.3) is 0 Å². The summed E-state index contributed by atoms with van der Waals surface area (Å²) in [6.07, 6.45) is 3.35. The highest BCUT2D eigenvalue weighted by Crippen LogP contribution is 2.34. The number of hydrogen-bond donors (Lipinski definition) is 0. The van der Waals surface area contributed by atoms with E-state index in [0.717, 1.165) is 5.56 Å². The van der Waals surface area contributed by atoms with Crippen molar-refractivity contribution in [2.24, 2.45) is 0 Å². The number of benzene rings is 1. The van der Waals surface area contributed by atoms with Crippen molar-refractivity contribution in [3.63, 3.8) is 0 Å². The van der Waals surface area contributed by atoms with Gasteiger partial charge in [-0.15, -0.1) is 0 Å². The molecule has 0 bridgehead atoms. The van der Waals surface area contributed by atoms with Gasteiger partial charge in [-0.2, -0.15) is 0 Å². The summed E-state index contributed by atoms with van der Waals surface area (Å²) in [4.78, 5) is 34.2. The number of halogens is 1. The van der Waals surface area contributed by atoms with Gasteiger partial charge >= 0.3 is 0 Å². The lowest BCUT2D eigenvalue weighted by molar-refractivity contribution is -0.121. The predicted octanol–water partition coefficient (Wildman–Crippen LogP) is 2.86. The first-order valence-electron chi connectivity index (χ1n) is 6.63. The summed E-state index contributed by atoms with van der Waals surface area (Å²) in [6.45, 7) is 1.84. The third-order valence-corrected chi connectivity index (χ3v) is 4.62. The predicted molar refractivity (Wildman–Crippen MR) is 85.0 cm³/mol. The molecule has 2 aromatic rings. The zero-order valence-corrected chi connectivity index (χ0v) is 13.3. The number of imide groups is 1. The van der Waals surface area contributed by atoms with Crippen molar-refractivity contribution in [2.45, 2.75) is 23.8 Å². The molecule has 7 heteroatoms. The van der Waals surface area contributed by atoms with E-state index in [1.165, 1.54) is 16.7 Å². The third kappa shape index (κ3) is 2.84. The summed E-state index contributed by atoms with van der Waals surface area (Å²) < 4.78 is 0. The Morgan fingerprint density at radius 1 is 1.27 bits per heavy atom. The molecule has 1 aromatic heterocycles. The maximum atomic E-state index is 12.6. The minimum Gasteiger partial charge on any atom is -0.274 e. The van der Waals surface area contributed by atoms with Crippen LogP contribution in [0.2, 0.25) is 5.02 Å². The van der Waals surface area contributed by atoms with E-state index in [1.807, 2.05) is 6.92 Å². The van der Waals surface area contributed by atoms with Crippen LogP contribution in [0.1, 0.15) is 12.0 Å². The van der Waals surface area contributed by atoms with Crippen LogP contribution in [0.5, 0.6) is 0 Å². The lowest BCUT2D eigenvalue weighted by Gasteiger charge is -2.17. The van der Waals surface area contributed by atoms with Gasteiger partial charge in [-0.25, -0.2) is 14.9 Å². The average Bonchev–Trinajstić information content (AvgIpc) is 2.77. The Bertz CT molecular complexity index is 739. The first-order valence-corrected chi connectivity index (χ1v) is 7.88. The van der Waals surface area contributed by atoms with E-state index in [0.29, 0.717) is 15.9 Å². The Labute approximate surface area is 136 Å². The van der Waals surface area contributed by atoms with Gasteiger partial charge in [0.15, 0.2) is 5.16 Å². The largest absolute Gasteiger partial charge is 0.274 e. The number of thioether (sulfide) groups is 1. The maximum absolute atomic E-state index is 12.6. The van der Waals surface area contributed by atoms with E-state index >= 15 is 0 Å². The van der Waals surface area contributed by atoms with Crippen molar-refractivity contribution >= 4 is 40.9 Å². The minimum absolute atomic E-state index is 0.133. The number of hydrogen-bond acceptors (Lipinski definition) is 5. The van der Waals surface area contributed by atoms with Crippen LogP contribution in [0, 0.1) is 6.92 Å². The van der Waals surface area contributed by atoms with Gasteiger partial charge in [0.2, 0.25) is 11.8 Å². The highest BCUT2D eigenvalue weighted by atomic mass is 35.5. The van der Waals surface area contributed by atoms with Crippen LogP contribution in [-0.4, -0.2) is 27.0 Å². The van der Waals surface area contributed by atoms with Crippen LogP contribution in [0.3, 0.4) is 0 Å². The Balaban J connectivity index is 1.87. The number of anilines is 1. The lowest BCUT2D eigenvalue weighted by atomic mass is 10.2. The smallest absolute Gasteiger partial charge is 0.247 e. The summed E-state index contributed by atoms with van der Waals surface area (Å²) >= 11 is 7.19. The number of rotatable bonds is 3. The molecular weight excluding hydrogens is 322 g/mol. The molecule has 2 amide bonds. The number of carbonyl (C=O) groups excluding carboxylic acids is 2. The molecule has 1 aliphatic rings. The van der Waals surface area contributed by atoms with Crippen molar-refractivity contribution in [1.29, 1.82) is 0 Å². The number of amides is 2. The molecule has 1 aromatic carbocycles. The quantitative estimate of drug-likeness (QED) is 0.638. The number of aromatic nitrogens is 2. The molecule has 22 heavy (non-hydrogen) atoms. The molecule has 112 valence electrons. The second kappa shape index (κ2) is 6.06. The van der Waals surface area contributed by atoms with Crippen LogP contribution < -0.4 is 4.90 Å². The zero-order valence-electron chi connectivity index (χ0n) is 11.7. The molecule has 0 radical (unpaired) electrons. The van der Waals surface area contributed by atoms with Crippen LogP contribution in [0.15, 0.2) is 41.8 Å².